The van der Waals surface area contributed by atoms with Gasteiger partial charge in [-0.05, 0) is 32.0 Å². The Hall–Kier alpha value is -3.12. The molecule has 0 spiro atoms. The molecule has 4 aromatic rings. The van der Waals surface area contributed by atoms with Gasteiger partial charge in [0.1, 0.15) is 10.8 Å². The van der Waals surface area contributed by atoms with Crippen molar-refractivity contribution >= 4 is 17.2 Å². The van der Waals surface area contributed by atoms with E-state index in [4.69, 9.17) is 15.1 Å². The van der Waals surface area contributed by atoms with Gasteiger partial charge in [0.05, 0.1) is 29.8 Å². The van der Waals surface area contributed by atoms with Crippen molar-refractivity contribution in [2.45, 2.75) is 20.4 Å². The first-order valence-corrected chi connectivity index (χ1v) is 9.46. The molecule has 0 aliphatic rings. The molecule has 6 heteroatoms. The van der Waals surface area contributed by atoms with Crippen LogP contribution < -0.4 is 5.73 Å². The average molecular weight is 377 g/mol. The molecule has 5 nitrogen and oxygen atoms in total. The lowest BCUT2D eigenvalue weighted by Gasteiger charge is -2.09. The van der Waals surface area contributed by atoms with E-state index in [2.05, 4.69) is 31.2 Å². The maximum Gasteiger partial charge on any atom is 0.250 e. The highest BCUT2D eigenvalue weighted by molar-refractivity contribution is 7.13. The molecule has 1 aromatic carbocycles. The largest absolute Gasteiger partial charge is 0.467 e. The maximum absolute atomic E-state index is 11.8. The van der Waals surface area contributed by atoms with Gasteiger partial charge in [0.25, 0.3) is 5.91 Å². The summed E-state index contributed by atoms with van der Waals surface area (Å²) in [6.45, 7) is 4.46. The second-order valence-corrected chi connectivity index (χ2v) is 7.32. The number of amides is 1. The predicted molar refractivity (Wildman–Crippen MR) is 107 cm³/mol. The number of carbonyl (C=O) groups excluding carboxylic acids is 1. The van der Waals surface area contributed by atoms with Gasteiger partial charge in [0.2, 0.25) is 0 Å². The van der Waals surface area contributed by atoms with Gasteiger partial charge in [0.15, 0.2) is 0 Å². The molecular weight excluding hydrogens is 358 g/mol. The Morgan fingerprint density at radius 1 is 1.22 bits per heavy atom. The van der Waals surface area contributed by atoms with Crippen LogP contribution in [0.25, 0.3) is 22.0 Å². The van der Waals surface area contributed by atoms with E-state index in [0.717, 1.165) is 33.4 Å². The lowest BCUT2D eigenvalue weighted by atomic mass is 10.2. The molecule has 0 radical (unpaired) electrons. The number of furan rings is 1. The Kier molecular flexibility index (Phi) is 4.41. The van der Waals surface area contributed by atoms with E-state index >= 15 is 0 Å². The van der Waals surface area contributed by atoms with E-state index in [1.165, 1.54) is 5.56 Å². The zero-order chi connectivity index (χ0) is 19.0. The van der Waals surface area contributed by atoms with Gasteiger partial charge < -0.3 is 14.7 Å². The minimum Gasteiger partial charge on any atom is -0.467 e. The van der Waals surface area contributed by atoms with E-state index < -0.39 is 5.91 Å². The van der Waals surface area contributed by atoms with Crippen molar-refractivity contribution in [2.24, 2.45) is 5.73 Å². The Balaban J connectivity index is 1.77. The monoisotopic (exact) mass is 377 g/mol. The van der Waals surface area contributed by atoms with Crippen LogP contribution in [-0.4, -0.2) is 15.5 Å². The number of aryl methyl sites for hydroxylation is 1. The molecule has 0 aliphatic carbocycles. The Labute approximate surface area is 161 Å². The highest BCUT2D eigenvalue weighted by Gasteiger charge is 2.19. The first-order valence-electron chi connectivity index (χ1n) is 8.58. The molecular formula is C21H19N3O2S. The van der Waals surface area contributed by atoms with E-state index in [9.17, 15) is 4.79 Å². The van der Waals surface area contributed by atoms with Crippen molar-refractivity contribution in [3.8, 4) is 22.0 Å². The van der Waals surface area contributed by atoms with E-state index in [1.807, 2.05) is 35.1 Å². The van der Waals surface area contributed by atoms with Gasteiger partial charge in [-0.15, -0.1) is 11.3 Å². The number of rotatable bonds is 5. The van der Waals surface area contributed by atoms with E-state index in [1.54, 1.807) is 17.6 Å². The van der Waals surface area contributed by atoms with Crippen LogP contribution in [0.15, 0.2) is 58.5 Å². The molecule has 1 amide bonds. The van der Waals surface area contributed by atoms with Gasteiger partial charge in [-0.3, -0.25) is 4.79 Å². The highest BCUT2D eigenvalue weighted by atomic mass is 32.1. The first kappa shape index (κ1) is 17.3. The molecule has 0 atom stereocenters. The van der Waals surface area contributed by atoms with E-state index in [-0.39, 0.29) is 0 Å². The minimum absolute atomic E-state index is 0.444. The van der Waals surface area contributed by atoms with Crippen molar-refractivity contribution in [3.63, 3.8) is 0 Å². The summed E-state index contributed by atoms with van der Waals surface area (Å²) in [5.41, 5.74) is 10.8. The molecule has 0 bridgehead atoms. The number of hydrogen-bond donors (Lipinski definition) is 1. The summed E-state index contributed by atoms with van der Waals surface area (Å²) >= 11 is 1.58. The number of hydrogen-bond acceptors (Lipinski definition) is 4. The van der Waals surface area contributed by atoms with Crippen molar-refractivity contribution in [1.82, 2.24) is 9.55 Å². The number of thiazole rings is 1. The normalized spacial score (nSPS) is 11.0. The lowest BCUT2D eigenvalue weighted by Crippen LogP contribution is -2.12. The van der Waals surface area contributed by atoms with Gasteiger partial charge >= 0.3 is 0 Å². The lowest BCUT2D eigenvalue weighted by molar-refractivity contribution is 0.0999. The molecule has 0 fully saturated rings. The zero-order valence-electron chi connectivity index (χ0n) is 15.1. The van der Waals surface area contributed by atoms with Crippen molar-refractivity contribution < 1.29 is 9.21 Å². The van der Waals surface area contributed by atoms with Gasteiger partial charge in [0, 0.05) is 16.6 Å². The van der Waals surface area contributed by atoms with Crippen LogP contribution in [0.4, 0.5) is 0 Å². The third-order valence-electron chi connectivity index (χ3n) is 4.59. The topological polar surface area (TPSA) is 74.0 Å². The van der Waals surface area contributed by atoms with Crippen LogP contribution in [-0.2, 0) is 6.54 Å². The first-order chi connectivity index (χ1) is 13.0. The minimum atomic E-state index is -0.444. The standard InChI is InChI=1S/C21H19N3O2S/c1-13-5-7-15(8-6-13)21-23-18(12-27-21)19-10-17(20(22)25)14(2)24(19)11-16-4-3-9-26-16/h3-10,12H,11H2,1-2H3,(H2,22,25). The Morgan fingerprint density at radius 2 is 2.00 bits per heavy atom. The number of aromatic nitrogens is 2. The van der Waals surface area contributed by atoms with Crippen LogP contribution in [0.2, 0.25) is 0 Å². The summed E-state index contributed by atoms with van der Waals surface area (Å²) < 4.78 is 7.50. The summed E-state index contributed by atoms with van der Waals surface area (Å²) in [5, 5.41) is 2.95. The summed E-state index contributed by atoms with van der Waals surface area (Å²) in [6.07, 6.45) is 1.64. The molecule has 0 saturated carbocycles. The van der Waals surface area contributed by atoms with Crippen LogP contribution in [0.1, 0.15) is 27.4 Å². The van der Waals surface area contributed by atoms with Gasteiger partial charge in [-0.1, -0.05) is 29.8 Å². The van der Waals surface area contributed by atoms with Crippen molar-refractivity contribution in [2.75, 3.05) is 0 Å². The molecule has 0 saturated heterocycles. The SMILES string of the molecule is Cc1ccc(-c2nc(-c3cc(C(N)=O)c(C)n3Cc3ccco3)cs2)cc1. The smallest absolute Gasteiger partial charge is 0.250 e. The molecule has 0 unspecified atom stereocenters. The second kappa shape index (κ2) is 6.89. The molecule has 3 heterocycles. The van der Waals surface area contributed by atoms with E-state index in [0.29, 0.717) is 12.1 Å². The second-order valence-electron chi connectivity index (χ2n) is 6.46. The predicted octanol–water partition coefficient (Wildman–Crippen LogP) is 4.64. The van der Waals surface area contributed by atoms with Crippen LogP contribution in [0.3, 0.4) is 0 Å². The molecule has 136 valence electrons. The Morgan fingerprint density at radius 3 is 2.67 bits per heavy atom. The summed E-state index contributed by atoms with van der Waals surface area (Å²) in [4.78, 5) is 16.6. The fourth-order valence-corrected chi connectivity index (χ4v) is 3.91. The average Bonchev–Trinajstić information content (AvgIpc) is 3.38. The Bertz CT molecular complexity index is 1090. The van der Waals surface area contributed by atoms with Crippen molar-refractivity contribution in [1.29, 1.82) is 0 Å². The highest BCUT2D eigenvalue weighted by Crippen LogP contribution is 2.32. The fraction of sp³-hybridized carbons (Fsp3) is 0.143. The molecule has 3 aromatic heterocycles. The van der Waals surface area contributed by atoms with Crippen LogP contribution >= 0.6 is 11.3 Å². The number of benzene rings is 1. The number of carbonyl (C=O) groups is 1. The van der Waals surface area contributed by atoms with Crippen LogP contribution in [0.5, 0.6) is 0 Å². The quantitative estimate of drug-likeness (QED) is 0.551. The fourth-order valence-electron chi connectivity index (χ4n) is 3.09. The summed E-state index contributed by atoms with van der Waals surface area (Å²) in [6, 6.07) is 13.9. The molecule has 4 rings (SSSR count). The summed E-state index contributed by atoms with van der Waals surface area (Å²) in [5.74, 6) is 0.362. The summed E-state index contributed by atoms with van der Waals surface area (Å²) in [7, 11) is 0. The molecule has 0 aliphatic heterocycles. The van der Waals surface area contributed by atoms with Crippen molar-refractivity contribution in [3.05, 3.63) is 76.7 Å². The van der Waals surface area contributed by atoms with Gasteiger partial charge in [-0.25, -0.2) is 4.98 Å². The molecule has 2 N–H and O–H groups in total. The zero-order valence-corrected chi connectivity index (χ0v) is 15.9. The maximum atomic E-state index is 11.8. The number of nitrogens with zero attached hydrogens (tertiary/aromatic N) is 2. The number of nitrogens with two attached hydrogens (primary N) is 1. The third kappa shape index (κ3) is 3.31. The number of primary amides is 1. The van der Waals surface area contributed by atoms with Crippen LogP contribution in [0, 0.1) is 13.8 Å². The van der Waals surface area contributed by atoms with Gasteiger partial charge in [-0.2, -0.15) is 0 Å². The molecule has 27 heavy (non-hydrogen) atoms. The third-order valence-corrected chi connectivity index (χ3v) is 5.48.